The van der Waals surface area contributed by atoms with Crippen LogP contribution in [0.2, 0.25) is 0 Å². The van der Waals surface area contributed by atoms with E-state index in [2.05, 4.69) is 29.8 Å². The van der Waals surface area contributed by atoms with Crippen molar-refractivity contribution in [3.05, 3.63) is 59.8 Å². The summed E-state index contributed by atoms with van der Waals surface area (Å²) >= 11 is 0. The normalized spacial score (nSPS) is 14.6. The average Bonchev–Trinajstić information content (AvgIpc) is 3.30. The molecule has 8 nitrogen and oxygen atoms in total. The van der Waals surface area contributed by atoms with Gasteiger partial charge in [0.15, 0.2) is 0 Å². The van der Waals surface area contributed by atoms with Crippen molar-refractivity contribution in [1.29, 1.82) is 0 Å². The molecule has 0 aliphatic carbocycles. The van der Waals surface area contributed by atoms with E-state index in [0.29, 0.717) is 50.7 Å². The van der Waals surface area contributed by atoms with Crippen molar-refractivity contribution >= 4 is 22.9 Å². The molecule has 8 heteroatoms. The first-order valence-electron chi connectivity index (χ1n) is 12.5. The maximum absolute atomic E-state index is 13.6. The molecule has 4 rings (SSSR count). The second-order valence-electron chi connectivity index (χ2n) is 8.86. The molecule has 3 aromatic rings. The van der Waals surface area contributed by atoms with Gasteiger partial charge in [0.2, 0.25) is 5.91 Å². The Bertz CT molecular complexity index is 1190. The van der Waals surface area contributed by atoms with Crippen LogP contribution < -0.4 is 9.47 Å². The number of para-hydroxylation sites is 1. The minimum Gasteiger partial charge on any atom is -0.497 e. The van der Waals surface area contributed by atoms with Crippen molar-refractivity contribution in [2.45, 2.75) is 32.7 Å². The van der Waals surface area contributed by atoms with Crippen LogP contribution >= 0.6 is 0 Å². The molecule has 2 heterocycles. The molecule has 0 spiro atoms. The summed E-state index contributed by atoms with van der Waals surface area (Å²) in [5.41, 5.74) is 3.20. The second kappa shape index (κ2) is 11.4. The smallest absolute Gasteiger partial charge is 0.409 e. The molecule has 1 unspecified atom stereocenters. The highest BCUT2D eigenvalue weighted by Crippen LogP contribution is 2.38. The largest absolute Gasteiger partial charge is 0.497 e. The zero-order valence-corrected chi connectivity index (χ0v) is 21.5. The SMILES string of the molecule is CCOC(=O)N1CCN(C(=O)CC(c2cc(OC)cc(OC)c2)c2cn(CC)c3ccccc23)CC1. The first-order valence-corrected chi connectivity index (χ1v) is 12.5. The van der Waals surface area contributed by atoms with E-state index in [1.165, 1.54) is 0 Å². The van der Waals surface area contributed by atoms with Crippen LogP contribution in [-0.2, 0) is 16.1 Å². The number of ether oxygens (including phenoxy) is 3. The standard InChI is InChI=1S/C28H35N3O5/c1-5-29-19-25(23-9-7-8-10-26(23)29)24(20-15-21(34-3)17-22(16-20)35-4)18-27(32)30-11-13-31(14-12-30)28(33)36-6-2/h7-10,15-17,19,24H,5-6,11-14,18H2,1-4H3. The van der Waals surface area contributed by atoms with Crippen LogP contribution in [0, 0.1) is 0 Å². The first-order chi connectivity index (χ1) is 17.5. The van der Waals surface area contributed by atoms with E-state index in [1.807, 2.05) is 35.2 Å². The molecular formula is C28H35N3O5. The highest BCUT2D eigenvalue weighted by Gasteiger charge is 2.29. The van der Waals surface area contributed by atoms with Gasteiger partial charge in [-0.3, -0.25) is 4.79 Å². The summed E-state index contributed by atoms with van der Waals surface area (Å²) in [7, 11) is 3.26. The van der Waals surface area contributed by atoms with Gasteiger partial charge in [-0.25, -0.2) is 4.79 Å². The van der Waals surface area contributed by atoms with Gasteiger partial charge >= 0.3 is 6.09 Å². The molecule has 2 amide bonds. The van der Waals surface area contributed by atoms with Crippen LogP contribution in [0.5, 0.6) is 11.5 Å². The summed E-state index contributed by atoms with van der Waals surface area (Å²) in [4.78, 5) is 29.2. The monoisotopic (exact) mass is 493 g/mol. The topological polar surface area (TPSA) is 73.2 Å². The molecule has 36 heavy (non-hydrogen) atoms. The molecule has 0 radical (unpaired) electrons. The lowest BCUT2D eigenvalue weighted by atomic mass is 9.87. The van der Waals surface area contributed by atoms with Gasteiger partial charge in [0.05, 0.1) is 20.8 Å². The van der Waals surface area contributed by atoms with E-state index in [9.17, 15) is 9.59 Å². The highest BCUT2D eigenvalue weighted by molar-refractivity contribution is 5.87. The molecule has 0 saturated carbocycles. The third kappa shape index (κ3) is 5.27. The zero-order chi connectivity index (χ0) is 25.7. The Labute approximate surface area is 212 Å². The molecule has 0 bridgehead atoms. The lowest BCUT2D eigenvalue weighted by Crippen LogP contribution is -2.50. The number of hydrogen-bond donors (Lipinski definition) is 0. The molecule has 2 aromatic carbocycles. The minimum atomic E-state index is -0.321. The number of piperazine rings is 1. The Morgan fingerprint density at radius 2 is 1.56 bits per heavy atom. The summed E-state index contributed by atoms with van der Waals surface area (Å²) in [6, 6.07) is 14.1. The lowest BCUT2D eigenvalue weighted by Gasteiger charge is -2.34. The number of carbonyl (C=O) groups is 2. The fourth-order valence-electron chi connectivity index (χ4n) is 4.91. The Balaban J connectivity index is 1.67. The molecular weight excluding hydrogens is 458 g/mol. The molecule has 1 fully saturated rings. The Morgan fingerprint density at radius 3 is 2.17 bits per heavy atom. The summed E-state index contributed by atoms with van der Waals surface area (Å²) in [5.74, 6) is 1.23. The van der Waals surface area contributed by atoms with Gasteiger partial charge < -0.3 is 28.6 Å². The highest BCUT2D eigenvalue weighted by atomic mass is 16.6. The number of aryl methyl sites for hydroxylation is 1. The number of rotatable bonds is 8. The molecule has 1 aliphatic heterocycles. The number of carbonyl (C=O) groups excluding carboxylic acids is 2. The van der Waals surface area contributed by atoms with Gasteiger partial charge in [-0.1, -0.05) is 18.2 Å². The zero-order valence-electron chi connectivity index (χ0n) is 21.5. The number of nitrogens with zero attached hydrogens (tertiary/aromatic N) is 3. The van der Waals surface area contributed by atoms with Crippen molar-refractivity contribution in [2.75, 3.05) is 47.0 Å². The van der Waals surface area contributed by atoms with Crippen LogP contribution in [0.1, 0.15) is 37.3 Å². The van der Waals surface area contributed by atoms with Crippen molar-refractivity contribution in [2.24, 2.45) is 0 Å². The van der Waals surface area contributed by atoms with E-state index < -0.39 is 0 Å². The van der Waals surface area contributed by atoms with E-state index in [0.717, 1.165) is 28.6 Å². The summed E-state index contributed by atoms with van der Waals surface area (Å²) in [6.07, 6.45) is 2.14. The quantitative estimate of drug-likeness (QED) is 0.462. The van der Waals surface area contributed by atoms with Crippen molar-refractivity contribution in [3.8, 4) is 11.5 Å². The number of benzene rings is 2. The third-order valence-corrected chi connectivity index (χ3v) is 6.85. The number of methoxy groups -OCH3 is 2. The predicted molar refractivity (Wildman–Crippen MR) is 139 cm³/mol. The fourth-order valence-corrected chi connectivity index (χ4v) is 4.91. The van der Waals surface area contributed by atoms with E-state index in [-0.39, 0.29) is 17.9 Å². The molecule has 1 aliphatic rings. The summed E-state index contributed by atoms with van der Waals surface area (Å²) in [5, 5.41) is 1.13. The number of amides is 2. The number of fused-ring (bicyclic) bond motifs is 1. The van der Waals surface area contributed by atoms with Gasteiger partial charge in [0.1, 0.15) is 11.5 Å². The Hall–Kier alpha value is -3.68. The van der Waals surface area contributed by atoms with Gasteiger partial charge in [0.25, 0.3) is 0 Å². The van der Waals surface area contributed by atoms with Crippen molar-refractivity contribution in [3.63, 3.8) is 0 Å². The van der Waals surface area contributed by atoms with E-state index in [1.54, 1.807) is 26.0 Å². The van der Waals surface area contributed by atoms with Gasteiger partial charge in [-0.15, -0.1) is 0 Å². The maximum atomic E-state index is 13.6. The van der Waals surface area contributed by atoms with Gasteiger partial charge in [0, 0.05) is 68.2 Å². The van der Waals surface area contributed by atoms with Crippen molar-refractivity contribution < 1.29 is 23.8 Å². The summed E-state index contributed by atoms with van der Waals surface area (Å²) < 4.78 is 18.4. The predicted octanol–water partition coefficient (Wildman–Crippen LogP) is 4.50. The molecule has 1 saturated heterocycles. The van der Waals surface area contributed by atoms with Gasteiger partial charge in [-0.2, -0.15) is 0 Å². The Kier molecular flexibility index (Phi) is 8.03. The van der Waals surface area contributed by atoms with Gasteiger partial charge in [-0.05, 0) is 43.2 Å². The van der Waals surface area contributed by atoms with Crippen LogP contribution in [0.25, 0.3) is 10.9 Å². The molecule has 192 valence electrons. The number of aromatic nitrogens is 1. The van der Waals surface area contributed by atoms with Crippen LogP contribution in [0.3, 0.4) is 0 Å². The minimum absolute atomic E-state index is 0.0543. The van der Waals surface area contributed by atoms with Crippen LogP contribution in [0.4, 0.5) is 4.79 Å². The molecule has 1 aromatic heterocycles. The summed E-state index contributed by atoms with van der Waals surface area (Å²) in [6.45, 7) is 7.00. The number of hydrogen-bond acceptors (Lipinski definition) is 5. The lowest BCUT2D eigenvalue weighted by molar-refractivity contribution is -0.133. The molecule has 1 atom stereocenters. The second-order valence-corrected chi connectivity index (χ2v) is 8.86. The maximum Gasteiger partial charge on any atom is 0.409 e. The van der Waals surface area contributed by atoms with E-state index >= 15 is 0 Å². The Morgan fingerprint density at radius 1 is 0.917 bits per heavy atom. The van der Waals surface area contributed by atoms with Crippen LogP contribution in [-0.4, -0.2) is 73.4 Å². The first kappa shape index (κ1) is 25.4. The van der Waals surface area contributed by atoms with E-state index in [4.69, 9.17) is 14.2 Å². The average molecular weight is 494 g/mol. The third-order valence-electron chi connectivity index (χ3n) is 6.85. The van der Waals surface area contributed by atoms with Crippen molar-refractivity contribution in [1.82, 2.24) is 14.4 Å². The molecule has 0 N–H and O–H groups in total. The fraction of sp³-hybridized carbons (Fsp3) is 0.429. The van der Waals surface area contributed by atoms with Crippen LogP contribution in [0.15, 0.2) is 48.7 Å².